The summed E-state index contributed by atoms with van der Waals surface area (Å²) in [6, 6.07) is 8.69. The second kappa shape index (κ2) is 11.1. The zero-order valence-corrected chi connectivity index (χ0v) is 22.6. The van der Waals surface area contributed by atoms with Crippen molar-refractivity contribution in [2.24, 2.45) is 0 Å². The monoisotopic (exact) mass is 535 g/mol. The van der Waals surface area contributed by atoms with Crippen molar-refractivity contribution in [3.63, 3.8) is 0 Å². The van der Waals surface area contributed by atoms with Crippen molar-refractivity contribution in [2.75, 3.05) is 33.4 Å². The lowest BCUT2D eigenvalue weighted by molar-refractivity contribution is -0.139. The smallest absolute Gasteiger partial charge is 0.416 e. The van der Waals surface area contributed by atoms with Gasteiger partial charge in [0.1, 0.15) is 17.6 Å². The fourth-order valence-electron chi connectivity index (χ4n) is 5.37. The molecule has 2 atom stereocenters. The maximum Gasteiger partial charge on any atom is 0.416 e. The average molecular weight is 536 g/mol. The van der Waals surface area contributed by atoms with E-state index in [9.17, 15) is 18.0 Å². The number of morpholine rings is 1. The number of ether oxygens (including phenoxy) is 4. The van der Waals surface area contributed by atoms with Gasteiger partial charge in [0, 0.05) is 44.1 Å². The maximum atomic E-state index is 13.9. The number of rotatable bonds is 4. The molecular formula is C29H36F3NO5. The molecule has 0 radical (unpaired) electrons. The van der Waals surface area contributed by atoms with Gasteiger partial charge in [-0.2, -0.15) is 13.2 Å². The number of halogens is 3. The molecule has 2 aromatic rings. The number of carbonyl (C=O) groups excluding carboxylic acids is 1. The number of carbonyl (C=O) groups is 1. The maximum absolute atomic E-state index is 13.9. The number of fused-ring (bicyclic) bond motifs is 2. The summed E-state index contributed by atoms with van der Waals surface area (Å²) in [6.07, 6.45) is -3.42. The summed E-state index contributed by atoms with van der Waals surface area (Å²) in [4.78, 5) is 11.7. The molecule has 2 aliphatic heterocycles. The van der Waals surface area contributed by atoms with E-state index in [0.29, 0.717) is 56.4 Å². The normalized spacial score (nSPS) is 22.0. The van der Waals surface area contributed by atoms with Gasteiger partial charge >= 0.3 is 12.1 Å². The number of nitrogens with zero attached hydrogens (tertiary/aromatic N) is 1. The summed E-state index contributed by atoms with van der Waals surface area (Å²) in [5.74, 6) is 1.64. The first-order chi connectivity index (χ1) is 17.9. The quantitative estimate of drug-likeness (QED) is 0.444. The van der Waals surface area contributed by atoms with Gasteiger partial charge in [-0.1, -0.05) is 19.1 Å². The number of hydrogen-bond acceptors (Lipinski definition) is 6. The highest BCUT2D eigenvalue weighted by Crippen LogP contribution is 2.44. The number of hydrogen-bond donors (Lipinski definition) is 0. The highest BCUT2D eigenvalue weighted by atomic mass is 19.4. The standard InChI is InChI=1S/C26H30F3NO3.C3H6O2/c1-16-14-31-24-12-17(4-5-18(16)24)33-23-9-7-19-20(23)6-8-22(26(27,28)29)21(19)13-30-10-11-32-25(2,3)15-30;1-3(4)5-2/h4-6,8,12,16,23H,7,9-11,13-15H2,1-3H3;1-2H3/t16?,23-;/m1./s1. The first-order valence-corrected chi connectivity index (χ1v) is 12.9. The fourth-order valence-corrected chi connectivity index (χ4v) is 5.37. The lowest BCUT2D eigenvalue weighted by atomic mass is 9.95. The summed E-state index contributed by atoms with van der Waals surface area (Å²) in [5, 5.41) is 0. The molecule has 0 spiro atoms. The van der Waals surface area contributed by atoms with Crippen LogP contribution in [0, 0.1) is 0 Å². The molecule has 5 rings (SSSR count). The third kappa shape index (κ3) is 6.43. The SMILES string of the molecule is CC1COc2cc(O[C@@H]3CCc4c3ccc(C(F)(F)F)c4CN3CCOC(C)(C)C3)ccc21.COC(C)=O. The first-order valence-electron chi connectivity index (χ1n) is 12.9. The minimum absolute atomic E-state index is 0.245. The minimum Gasteiger partial charge on any atom is -0.493 e. The van der Waals surface area contributed by atoms with Crippen LogP contribution in [0.5, 0.6) is 11.5 Å². The van der Waals surface area contributed by atoms with Crippen LogP contribution in [0.15, 0.2) is 30.3 Å². The summed E-state index contributed by atoms with van der Waals surface area (Å²) < 4.78 is 63.7. The van der Waals surface area contributed by atoms with E-state index in [-0.39, 0.29) is 24.2 Å². The molecule has 208 valence electrons. The van der Waals surface area contributed by atoms with E-state index in [1.807, 2.05) is 32.0 Å². The van der Waals surface area contributed by atoms with E-state index in [4.69, 9.17) is 14.2 Å². The van der Waals surface area contributed by atoms with E-state index in [1.54, 1.807) is 6.07 Å². The highest BCUT2D eigenvalue weighted by Gasteiger charge is 2.39. The molecule has 1 saturated heterocycles. The molecule has 6 nitrogen and oxygen atoms in total. The molecule has 1 unspecified atom stereocenters. The van der Waals surface area contributed by atoms with Crippen molar-refractivity contribution in [1.82, 2.24) is 4.90 Å². The number of methoxy groups -OCH3 is 1. The fraction of sp³-hybridized carbons (Fsp3) is 0.552. The van der Waals surface area contributed by atoms with Gasteiger partial charge in [0.05, 0.1) is 31.5 Å². The molecule has 3 aliphatic rings. The van der Waals surface area contributed by atoms with Gasteiger partial charge in [0.2, 0.25) is 0 Å². The molecule has 2 aromatic carbocycles. The molecule has 9 heteroatoms. The Morgan fingerprint density at radius 1 is 1.18 bits per heavy atom. The first kappa shape index (κ1) is 28.2. The van der Waals surface area contributed by atoms with Crippen molar-refractivity contribution in [2.45, 2.75) is 70.9 Å². The summed E-state index contributed by atoms with van der Waals surface area (Å²) in [7, 11) is 1.35. The zero-order chi connectivity index (χ0) is 27.7. The third-order valence-corrected chi connectivity index (χ3v) is 7.23. The van der Waals surface area contributed by atoms with Gasteiger partial charge in [-0.15, -0.1) is 0 Å². The predicted octanol–water partition coefficient (Wildman–Crippen LogP) is 6.06. The molecule has 1 aliphatic carbocycles. The van der Waals surface area contributed by atoms with Crippen molar-refractivity contribution in [3.05, 3.63) is 58.1 Å². The Morgan fingerprint density at radius 3 is 2.55 bits per heavy atom. The van der Waals surface area contributed by atoms with Crippen molar-refractivity contribution >= 4 is 5.97 Å². The number of alkyl halides is 3. The molecule has 0 saturated carbocycles. The van der Waals surface area contributed by atoms with Gasteiger partial charge in [0.15, 0.2) is 0 Å². The van der Waals surface area contributed by atoms with Crippen LogP contribution in [0.3, 0.4) is 0 Å². The van der Waals surface area contributed by atoms with E-state index in [1.165, 1.54) is 25.7 Å². The van der Waals surface area contributed by atoms with Crippen molar-refractivity contribution in [1.29, 1.82) is 0 Å². The Labute approximate surface area is 222 Å². The Morgan fingerprint density at radius 2 is 1.89 bits per heavy atom. The Bertz CT molecular complexity index is 1160. The van der Waals surface area contributed by atoms with E-state index < -0.39 is 11.7 Å². The van der Waals surface area contributed by atoms with Crippen LogP contribution in [0.2, 0.25) is 0 Å². The van der Waals surface area contributed by atoms with Crippen LogP contribution < -0.4 is 9.47 Å². The van der Waals surface area contributed by atoms with Gasteiger partial charge in [-0.3, -0.25) is 9.69 Å². The largest absolute Gasteiger partial charge is 0.493 e. The van der Waals surface area contributed by atoms with E-state index in [2.05, 4.69) is 16.6 Å². The Balaban J connectivity index is 0.000000617. The van der Waals surface area contributed by atoms with E-state index >= 15 is 0 Å². The predicted molar refractivity (Wildman–Crippen MR) is 136 cm³/mol. The summed E-state index contributed by atoms with van der Waals surface area (Å²) in [5.41, 5.74) is 2.29. The molecular weight excluding hydrogens is 499 g/mol. The minimum atomic E-state index is -4.39. The van der Waals surface area contributed by atoms with Gasteiger partial charge in [-0.25, -0.2) is 0 Å². The highest BCUT2D eigenvalue weighted by molar-refractivity contribution is 5.65. The molecule has 0 aromatic heterocycles. The molecule has 0 amide bonds. The lowest BCUT2D eigenvalue weighted by Crippen LogP contribution is -2.48. The Hall–Kier alpha value is -2.78. The van der Waals surface area contributed by atoms with Crippen LogP contribution in [0.4, 0.5) is 13.2 Å². The number of benzene rings is 2. The van der Waals surface area contributed by atoms with Gasteiger partial charge in [0.25, 0.3) is 0 Å². The molecule has 1 fully saturated rings. The van der Waals surface area contributed by atoms with Crippen molar-refractivity contribution in [3.8, 4) is 11.5 Å². The second-order valence-electron chi connectivity index (χ2n) is 10.7. The molecule has 2 heterocycles. The van der Waals surface area contributed by atoms with E-state index in [0.717, 1.165) is 16.9 Å². The van der Waals surface area contributed by atoms with Crippen LogP contribution in [-0.2, 0) is 33.4 Å². The Kier molecular flexibility index (Phi) is 8.28. The molecule has 0 N–H and O–H groups in total. The summed E-state index contributed by atoms with van der Waals surface area (Å²) in [6.45, 7) is 10.1. The molecule has 0 bridgehead atoms. The topological polar surface area (TPSA) is 57.2 Å². The third-order valence-electron chi connectivity index (χ3n) is 7.23. The van der Waals surface area contributed by atoms with Crippen LogP contribution in [0.1, 0.15) is 74.0 Å². The molecule has 38 heavy (non-hydrogen) atoms. The van der Waals surface area contributed by atoms with Crippen LogP contribution >= 0.6 is 0 Å². The number of esters is 1. The van der Waals surface area contributed by atoms with Gasteiger partial charge in [-0.05, 0) is 55.5 Å². The summed E-state index contributed by atoms with van der Waals surface area (Å²) >= 11 is 0. The second-order valence-corrected chi connectivity index (χ2v) is 10.7. The van der Waals surface area contributed by atoms with Crippen LogP contribution in [-0.4, -0.2) is 49.9 Å². The van der Waals surface area contributed by atoms with Crippen molar-refractivity contribution < 1.29 is 36.9 Å². The lowest BCUT2D eigenvalue weighted by Gasteiger charge is -2.38. The van der Waals surface area contributed by atoms with Gasteiger partial charge < -0.3 is 18.9 Å². The van der Waals surface area contributed by atoms with Crippen LogP contribution in [0.25, 0.3) is 0 Å². The zero-order valence-electron chi connectivity index (χ0n) is 22.6. The average Bonchev–Trinajstić information content (AvgIpc) is 3.42.